The van der Waals surface area contributed by atoms with Crippen LogP contribution in [-0.2, 0) is 0 Å². The van der Waals surface area contributed by atoms with Crippen LogP contribution >= 0.6 is 27.3 Å². The molecular weight excluding hydrogens is 430 g/mol. The summed E-state index contributed by atoms with van der Waals surface area (Å²) in [6.07, 6.45) is 1.84. The summed E-state index contributed by atoms with van der Waals surface area (Å²) in [6, 6.07) is 13.2. The first-order valence-corrected chi connectivity index (χ1v) is 9.59. The number of fused-ring (bicyclic) bond motifs is 1. The number of benzene rings is 2. The van der Waals surface area contributed by atoms with Gasteiger partial charge in [0.2, 0.25) is 4.96 Å². The summed E-state index contributed by atoms with van der Waals surface area (Å²) in [5, 5.41) is 4.37. The molecule has 0 fully saturated rings. The van der Waals surface area contributed by atoms with E-state index >= 15 is 0 Å². The van der Waals surface area contributed by atoms with Crippen molar-refractivity contribution >= 4 is 38.3 Å². The van der Waals surface area contributed by atoms with Crippen LogP contribution in [-0.4, -0.2) is 28.8 Å². The Balaban J connectivity index is 1.78. The zero-order valence-electron chi connectivity index (χ0n) is 14.5. The number of ether oxygens (including phenoxy) is 2. The molecule has 27 heavy (non-hydrogen) atoms. The molecule has 0 amide bonds. The second kappa shape index (κ2) is 7.13. The number of aromatic nitrogens is 3. The number of thiazole rings is 1. The Morgan fingerprint density at radius 3 is 2.63 bits per heavy atom. The molecule has 0 unspecified atom stereocenters. The minimum absolute atomic E-state index is 0.186. The predicted octanol–water partition coefficient (Wildman–Crippen LogP) is 3.15. The van der Waals surface area contributed by atoms with Gasteiger partial charge in [-0.15, -0.1) is 5.10 Å². The van der Waals surface area contributed by atoms with E-state index in [9.17, 15) is 4.79 Å². The third-order valence-corrected chi connectivity index (χ3v) is 5.42. The number of rotatable bonds is 4. The second-order valence-electron chi connectivity index (χ2n) is 5.67. The molecule has 4 aromatic rings. The van der Waals surface area contributed by atoms with Crippen molar-refractivity contribution in [2.24, 2.45) is 0 Å². The largest absolute Gasteiger partial charge is 0.493 e. The van der Waals surface area contributed by atoms with Crippen LogP contribution in [0.2, 0.25) is 0 Å². The fourth-order valence-corrected chi connectivity index (χ4v) is 4.00. The Morgan fingerprint density at radius 1 is 1.11 bits per heavy atom. The van der Waals surface area contributed by atoms with E-state index in [-0.39, 0.29) is 5.56 Å². The zero-order chi connectivity index (χ0) is 19.0. The van der Waals surface area contributed by atoms with Crippen molar-refractivity contribution in [3.05, 3.63) is 67.4 Å². The number of methoxy groups -OCH3 is 2. The molecule has 2 heterocycles. The molecule has 0 bridgehead atoms. The van der Waals surface area contributed by atoms with Crippen molar-refractivity contribution in [2.75, 3.05) is 14.2 Å². The minimum Gasteiger partial charge on any atom is -0.493 e. The maximum absolute atomic E-state index is 12.7. The lowest BCUT2D eigenvalue weighted by atomic mass is 10.2. The molecule has 0 spiro atoms. The van der Waals surface area contributed by atoms with Gasteiger partial charge in [-0.1, -0.05) is 39.4 Å². The molecule has 0 aliphatic heterocycles. The zero-order valence-corrected chi connectivity index (χ0v) is 16.9. The first kappa shape index (κ1) is 17.7. The van der Waals surface area contributed by atoms with Gasteiger partial charge in [-0.05, 0) is 42.0 Å². The quantitative estimate of drug-likeness (QED) is 0.484. The molecule has 0 N–H and O–H groups in total. The predicted molar refractivity (Wildman–Crippen MR) is 109 cm³/mol. The standard InChI is InChI=1S/C19H14BrN3O3S/c1-25-14-7-6-12(10-15(14)26-2)17-21-19-23(22-17)18(24)16(27-19)9-11-4-3-5-13(20)8-11/h3-10H,1-2H3/b16-9-. The van der Waals surface area contributed by atoms with Crippen molar-refractivity contribution in [1.82, 2.24) is 14.6 Å². The number of hydrogen-bond acceptors (Lipinski definition) is 6. The number of hydrogen-bond donors (Lipinski definition) is 0. The van der Waals surface area contributed by atoms with E-state index < -0.39 is 0 Å². The number of halogens is 1. The molecule has 136 valence electrons. The molecule has 0 aliphatic carbocycles. The van der Waals surface area contributed by atoms with Gasteiger partial charge in [-0.3, -0.25) is 4.79 Å². The maximum Gasteiger partial charge on any atom is 0.291 e. The first-order chi connectivity index (χ1) is 13.1. The van der Waals surface area contributed by atoms with Crippen LogP contribution in [0, 0.1) is 0 Å². The molecule has 2 aromatic carbocycles. The third kappa shape index (κ3) is 3.33. The highest BCUT2D eigenvalue weighted by Crippen LogP contribution is 2.31. The lowest BCUT2D eigenvalue weighted by Crippen LogP contribution is -2.23. The van der Waals surface area contributed by atoms with Gasteiger partial charge in [0.05, 0.1) is 18.8 Å². The van der Waals surface area contributed by atoms with Crippen LogP contribution in [0.3, 0.4) is 0 Å². The highest BCUT2D eigenvalue weighted by atomic mass is 79.9. The van der Waals surface area contributed by atoms with Gasteiger partial charge in [-0.25, -0.2) is 0 Å². The van der Waals surface area contributed by atoms with Crippen LogP contribution in [0.4, 0.5) is 0 Å². The molecule has 0 radical (unpaired) electrons. The normalized spacial score (nSPS) is 11.9. The Bertz CT molecular complexity index is 1250. The van der Waals surface area contributed by atoms with Gasteiger partial charge >= 0.3 is 0 Å². The van der Waals surface area contributed by atoms with Crippen molar-refractivity contribution in [3.8, 4) is 22.9 Å². The van der Waals surface area contributed by atoms with Crippen LogP contribution < -0.4 is 19.6 Å². The van der Waals surface area contributed by atoms with Gasteiger partial charge in [0.15, 0.2) is 17.3 Å². The van der Waals surface area contributed by atoms with Crippen molar-refractivity contribution in [3.63, 3.8) is 0 Å². The van der Waals surface area contributed by atoms with E-state index in [1.54, 1.807) is 26.4 Å². The fraction of sp³-hybridized carbons (Fsp3) is 0.105. The van der Waals surface area contributed by atoms with Crippen LogP contribution in [0.5, 0.6) is 11.5 Å². The van der Waals surface area contributed by atoms with Crippen LogP contribution in [0.1, 0.15) is 5.56 Å². The molecule has 8 heteroatoms. The summed E-state index contributed by atoms with van der Waals surface area (Å²) >= 11 is 4.74. The topological polar surface area (TPSA) is 65.7 Å². The van der Waals surface area contributed by atoms with E-state index in [0.717, 1.165) is 15.6 Å². The lowest BCUT2D eigenvalue weighted by Gasteiger charge is -2.07. The van der Waals surface area contributed by atoms with Gasteiger partial charge in [0, 0.05) is 10.0 Å². The molecule has 0 atom stereocenters. The van der Waals surface area contributed by atoms with Gasteiger partial charge in [-0.2, -0.15) is 9.50 Å². The van der Waals surface area contributed by atoms with Gasteiger partial charge in [0.1, 0.15) is 0 Å². The van der Waals surface area contributed by atoms with E-state index in [0.29, 0.717) is 26.8 Å². The Labute approximate surface area is 166 Å². The third-order valence-electron chi connectivity index (χ3n) is 3.97. The Kier molecular flexibility index (Phi) is 4.67. The van der Waals surface area contributed by atoms with Crippen molar-refractivity contribution < 1.29 is 9.47 Å². The van der Waals surface area contributed by atoms with E-state index in [2.05, 4.69) is 26.0 Å². The summed E-state index contributed by atoms with van der Waals surface area (Å²) < 4.78 is 13.4. The Morgan fingerprint density at radius 2 is 1.93 bits per heavy atom. The van der Waals surface area contributed by atoms with Gasteiger partial charge < -0.3 is 9.47 Å². The van der Waals surface area contributed by atoms with Crippen molar-refractivity contribution in [1.29, 1.82) is 0 Å². The summed E-state index contributed by atoms with van der Waals surface area (Å²) in [5.74, 6) is 1.67. The molecule has 4 rings (SSSR count). The lowest BCUT2D eigenvalue weighted by molar-refractivity contribution is 0.355. The highest BCUT2D eigenvalue weighted by Gasteiger charge is 2.14. The van der Waals surface area contributed by atoms with E-state index in [4.69, 9.17) is 9.47 Å². The van der Waals surface area contributed by atoms with Crippen LogP contribution in [0.15, 0.2) is 51.7 Å². The second-order valence-corrected chi connectivity index (χ2v) is 7.60. The van der Waals surface area contributed by atoms with Crippen LogP contribution in [0.25, 0.3) is 22.4 Å². The molecular formula is C19H14BrN3O3S. The molecule has 2 aromatic heterocycles. The minimum atomic E-state index is -0.186. The monoisotopic (exact) mass is 443 g/mol. The molecule has 6 nitrogen and oxygen atoms in total. The number of nitrogens with zero attached hydrogens (tertiary/aromatic N) is 3. The molecule has 0 saturated carbocycles. The average Bonchev–Trinajstić information content (AvgIpc) is 3.21. The first-order valence-electron chi connectivity index (χ1n) is 7.98. The highest BCUT2D eigenvalue weighted by molar-refractivity contribution is 9.10. The van der Waals surface area contributed by atoms with E-state index in [1.807, 2.05) is 36.4 Å². The smallest absolute Gasteiger partial charge is 0.291 e. The van der Waals surface area contributed by atoms with E-state index in [1.165, 1.54) is 15.9 Å². The SMILES string of the molecule is COc1ccc(-c2nc3s/c(=C\c4cccc(Br)c4)c(=O)n3n2)cc1OC. The average molecular weight is 444 g/mol. The molecule has 0 aliphatic rings. The summed E-state index contributed by atoms with van der Waals surface area (Å²) in [4.78, 5) is 17.7. The van der Waals surface area contributed by atoms with Gasteiger partial charge in [0.25, 0.3) is 5.56 Å². The Hall–Kier alpha value is -2.71. The fourth-order valence-electron chi connectivity index (χ4n) is 2.68. The van der Waals surface area contributed by atoms with Crippen molar-refractivity contribution in [2.45, 2.75) is 0 Å². The maximum atomic E-state index is 12.7. The summed E-state index contributed by atoms with van der Waals surface area (Å²) in [7, 11) is 3.15. The molecule has 0 saturated heterocycles. The summed E-state index contributed by atoms with van der Waals surface area (Å²) in [5.41, 5.74) is 1.50. The summed E-state index contributed by atoms with van der Waals surface area (Å²) in [6.45, 7) is 0.